The van der Waals surface area contributed by atoms with Gasteiger partial charge in [0.15, 0.2) is 57.5 Å². The number of pyridine rings is 4. The monoisotopic (exact) mass is 1760 g/mol. The lowest BCUT2D eigenvalue weighted by molar-refractivity contribution is -0.137. The molecule has 131 heavy (non-hydrogen) atoms. The van der Waals surface area contributed by atoms with Crippen LogP contribution in [0, 0.1) is 17.1 Å². The fourth-order valence-electron chi connectivity index (χ4n) is 14.3. The number of nitrogens with zero attached hydrogens (tertiary/aromatic N) is 22. The Balaban J connectivity index is 0.000000118. The summed E-state index contributed by atoms with van der Waals surface area (Å²) in [6.07, 6.45) is 2.15. The zero-order valence-corrected chi connectivity index (χ0v) is 69.7. The summed E-state index contributed by atoms with van der Waals surface area (Å²) in [5.74, 6) is 5.28. The van der Waals surface area contributed by atoms with Gasteiger partial charge in [-0.2, -0.15) is 56.9 Å². The lowest BCUT2D eigenvalue weighted by atomic mass is 10.1. The van der Waals surface area contributed by atoms with Crippen LogP contribution in [0.2, 0.25) is 0 Å². The SMILES string of the molecule is COc1ccc2c(OCc3nnc4ccc(-c5ccc(OCCN6CCOCC6)c(F)c5)nn34)ccnc2c1.COc1ccc2c(OCc3nnc4ccc(-c5cccc(C(F)(F)F)c5)nn34)ccnc2c1.N#Cc1ccc2c(OCc3nnc4ccc(-c5ccccc5)nn34)ccnc2c1.NC(=O)c1ccc2c(OCc3nnc4ccc(-c5ccccc5)nn34)ccnc2c1. The minimum atomic E-state index is -4.44. The van der Waals surface area contributed by atoms with Gasteiger partial charge in [-0.1, -0.05) is 72.8 Å². The molecule has 0 atom stereocenters. The van der Waals surface area contributed by atoms with E-state index in [0.717, 1.165) is 100 Å². The third kappa shape index (κ3) is 19.3. The van der Waals surface area contributed by atoms with E-state index in [2.05, 4.69) is 92.1 Å². The summed E-state index contributed by atoms with van der Waals surface area (Å²) in [5, 5.41) is 64.1. The number of hydrogen-bond donors (Lipinski definition) is 1. The second kappa shape index (κ2) is 38.3. The molecule has 2 N–H and O–H groups in total. The highest BCUT2D eigenvalue weighted by molar-refractivity contribution is 5.98. The van der Waals surface area contributed by atoms with Crippen LogP contribution in [0.1, 0.15) is 44.8 Å². The van der Waals surface area contributed by atoms with Crippen LogP contribution in [0.3, 0.4) is 0 Å². The Morgan fingerprint density at radius 1 is 0.412 bits per heavy atom. The number of ether oxygens (including phenoxy) is 8. The van der Waals surface area contributed by atoms with E-state index in [-0.39, 0.29) is 32.2 Å². The molecule has 20 aromatic rings. The standard InChI is InChI=1S/C28H27FN6O4.C23H16F3N5O2.C22H16N6O2.C22H14N6O/c1-36-20-3-4-21-24(17-20)30-9-8-25(21)39-18-28-32-31-27-7-5-23(33-35(27)28)19-2-6-26(22(29)16-19)38-15-12-34-10-13-37-14-11-34;1-32-16-5-6-17-19(12-16)27-10-9-20(17)33-13-22-29-28-21-8-7-18(30-31(21)22)14-3-2-4-15(11-14)23(24,25)26;23-22(29)15-6-7-16-18(12-15)24-11-10-19(16)30-13-21-26-25-20-9-8-17(27-28(20)21)14-4-2-1-3-5-14;23-13-15-6-7-17-19(12-15)24-11-10-20(17)29-14-22-26-25-21-9-8-18(27-28(21)22)16-4-2-1-3-5-16/h2-9,16-17H,10-15,18H2,1H3;2-12H,13H2,1H3;1-12H,13H2,(H2,23,29);1-12H,14H2. The smallest absolute Gasteiger partial charge is 0.416 e. The number of amides is 1. The molecule has 0 bridgehead atoms. The van der Waals surface area contributed by atoms with E-state index < -0.39 is 23.5 Å². The van der Waals surface area contributed by atoms with Crippen molar-refractivity contribution < 1.29 is 60.3 Å². The molecule has 1 fully saturated rings. The Bertz CT molecular complexity index is 7610. The van der Waals surface area contributed by atoms with Crippen LogP contribution in [0.4, 0.5) is 17.6 Å². The van der Waals surface area contributed by atoms with Crippen LogP contribution in [0.25, 0.3) is 111 Å². The second-order valence-corrected chi connectivity index (χ2v) is 29.3. The van der Waals surface area contributed by atoms with Gasteiger partial charge in [0.1, 0.15) is 67.5 Å². The Morgan fingerprint density at radius 3 is 1.22 bits per heavy atom. The molecule has 650 valence electrons. The largest absolute Gasteiger partial charge is 0.497 e. The zero-order valence-electron chi connectivity index (χ0n) is 69.7. The van der Waals surface area contributed by atoms with Crippen molar-refractivity contribution in [3.05, 3.63) is 319 Å². The molecule has 13 heterocycles. The van der Waals surface area contributed by atoms with E-state index in [1.807, 2.05) is 121 Å². The summed E-state index contributed by atoms with van der Waals surface area (Å²) in [6, 6.07) is 74.8. The molecule has 0 spiro atoms. The molecule has 1 aliphatic rings. The molecule has 0 unspecified atom stereocenters. The molecule has 21 rings (SSSR count). The summed E-state index contributed by atoms with van der Waals surface area (Å²) >= 11 is 0. The maximum Gasteiger partial charge on any atom is 0.416 e. The molecule has 12 aromatic heterocycles. The number of aromatic nitrogens is 20. The first kappa shape index (κ1) is 84.6. The number of alkyl halides is 3. The number of rotatable bonds is 23. The first-order valence-electron chi connectivity index (χ1n) is 40.8. The average molecular weight is 1760 g/mol. The van der Waals surface area contributed by atoms with E-state index in [0.29, 0.717) is 131 Å². The van der Waals surface area contributed by atoms with Crippen LogP contribution < -0.4 is 38.9 Å². The number of carbonyl (C=O) groups is 1. The van der Waals surface area contributed by atoms with Gasteiger partial charge in [0.2, 0.25) is 5.91 Å². The van der Waals surface area contributed by atoms with Gasteiger partial charge in [-0.15, -0.1) is 40.8 Å². The quantitative estimate of drug-likeness (QED) is 0.0581. The molecule has 0 saturated carbocycles. The molecular weight excluding hydrogens is 1680 g/mol. The number of halogens is 4. The summed E-state index contributed by atoms with van der Waals surface area (Å²) in [5.41, 5.74) is 16.2. The van der Waals surface area contributed by atoms with E-state index in [4.69, 9.17) is 48.9 Å². The molecular formula is C95H73F4N23O9. The van der Waals surface area contributed by atoms with Gasteiger partial charge < -0.3 is 43.6 Å². The van der Waals surface area contributed by atoms with E-state index in [1.54, 1.807) is 156 Å². The summed E-state index contributed by atoms with van der Waals surface area (Å²) < 4.78 is 106. The van der Waals surface area contributed by atoms with Gasteiger partial charge in [-0.3, -0.25) is 29.6 Å². The van der Waals surface area contributed by atoms with Gasteiger partial charge in [0.05, 0.1) is 89.5 Å². The Morgan fingerprint density at radius 2 is 0.809 bits per heavy atom. The van der Waals surface area contributed by atoms with Gasteiger partial charge in [-0.05, 0) is 164 Å². The Hall–Kier alpha value is -17.2. The number of fused-ring (bicyclic) bond motifs is 8. The van der Waals surface area contributed by atoms with Crippen molar-refractivity contribution in [3.8, 4) is 91.3 Å². The van der Waals surface area contributed by atoms with Crippen molar-refractivity contribution in [1.29, 1.82) is 5.26 Å². The van der Waals surface area contributed by atoms with Crippen molar-refractivity contribution in [3.63, 3.8) is 0 Å². The number of benzene rings is 8. The molecule has 0 radical (unpaired) electrons. The highest BCUT2D eigenvalue weighted by Crippen LogP contribution is 2.36. The minimum absolute atomic E-state index is 0.0470. The van der Waals surface area contributed by atoms with Crippen LogP contribution in [0.15, 0.2) is 274 Å². The molecule has 32 nitrogen and oxygen atoms in total. The van der Waals surface area contributed by atoms with Gasteiger partial charge in [0.25, 0.3) is 0 Å². The van der Waals surface area contributed by atoms with Gasteiger partial charge in [0, 0.05) is 106 Å². The highest BCUT2D eigenvalue weighted by Gasteiger charge is 2.31. The van der Waals surface area contributed by atoms with Crippen LogP contribution in [-0.4, -0.2) is 164 Å². The lowest BCUT2D eigenvalue weighted by Crippen LogP contribution is -2.38. The summed E-state index contributed by atoms with van der Waals surface area (Å²) in [6.45, 7) is 4.85. The molecule has 1 amide bonds. The number of morpholine rings is 1. The maximum absolute atomic E-state index is 14.9. The van der Waals surface area contributed by atoms with Crippen molar-refractivity contribution >= 4 is 72.1 Å². The number of hydrogen-bond acceptors (Lipinski definition) is 27. The topological polar surface area (TPSA) is 368 Å². The Kier molecular flexibility index (Phi) is 24.8. The average Bonchev–Trinajstić information content (AvgIpc) is 1.70. The maximum atomic E-state index is 14.9. The van der Waals surface area contributed by atoms with E-state index in [9.17, 15) is 22.4 Å². The number of nitrogens with two attached hydrogens (primary N) is 1. The number of carbonyl (C=O) groups excluding carboxylic acids is 1. The third-order valence-corrected chi connectivity index (χ3v) is 21.0. The number of nitriles is 1. The first-order chi connectivity index (χ1) is 64.1. The van der Waals surface area contributed by atoms with E-state index >= 15 is 0 Å². The molecule has 36 heteroatoms. The van der Waals surface area contributed by atoms with Crippen molar-refractivity contribution in [1.82, 2.24) is 104 Å². The van der Waals surface area contributed by atoms with Gasteiger partial charge in [-0.25, -0.2) is 4.39 Å². The predicted octanol–water partition coefficient (Wildman–Crippen LogP) is 15.5. The fraction of sp³-hybridized carbons (Fsp3) is 0.137. The van der Waals surface area contributed by atoms with Crippen LogP contribution in [-0.2, 0) is 37.3 Å². The second-order valence-electron chi connectivity index (χ2n) is 29.3. The zero-order chi connectivity index (χ0) is 89.7. The molecule has 0 aliphatic carbocycles. The molecule has 1 aliphatic heterocycles. The number of primary amides is 1. The summed E-state index contributed by atoms with van der Waals surface area (Å²) in [4.78, 5) is 31.0. The first-order valence-corrected chi connectivity index (χ1v) is 40.8. The van der Waals surface area contributed by atoms with E-state index in [1.165, 1.54) is 16.6 Å². The van der Waals surface area contributed by atoms with Crippen LogP contribution in [0.5, 0.6) is 40.2 Å². The highest BCUT2D eigenvalue weighted by atomic mass is 19.4. The van der Waals surface area contributed by atoms with Gasteiger partial charge >= 0.3 is 6.18 Å². The molecule has 8 aromatic carbocycles. The fourth-order valence-corrected chi connectivity index (χ4v) is 14.3. The Labute approximate surface area is 740 Å². The lowest BCUT2D eigenvalue weighted by Gasteiger charge is -2.26. The minimum Gasteiger partial charge on any atom is -0.497 e. The van der Waals surface area contributed by atoms with Crippen molar-refractivity contribution in [2.75, 3.05) is 53.7 Å². The normalized spacial score (nSPS) is 12.1. The van der Waals surface area contributed by atoms with Crippen molar-refractivity contribution in [2.24, 2.45) is 5.73 Å². The van der Waals surface area contributed by atoms with Crippen LogP contribution >= 0.6 is 0 Å². The predicted molar refractivity (Wildman–Crippen MR) is 473 cm³/mol. The molecule has 1 saturated heterocycles. The summed E-state index contributed by atoms with van der Waals surface area (Å²) in [7, 11) is 3.20. The van der Waals surface area contributed by atoms with Crippen molar-refractivity contribution in [2.45, 2.75) is 32.6 Å². The third-order valence-electron chi connectivity index (χ3n) is 21.0. The number of methoxy groups -OCH3 is 2.